The van der Waals surface area contributed by atoms with Gasteiger partial charge in [-0.2, -0.15) is 5.48 Å². The van der Waals surface area contributed by atoms with Crippen LogP contribution in [-0.2, 0) is 9.63 Å². The van der Waals surface area contributed by atoms with Crippen molar-refractivity contribution in [2.75, 3.05) is 6.61 Å². The van der Waals surface area contributed by atoms with E-state index in [2.05, 4.69) is 5.48 Å². The maximum atomic E-state index is 10.4. The predicted molar refractivity (Wildman–Crippen MR) is 41.0 cm³/mol. The van der Waals surface area contributed by atoms with E-state index < -0.39 is 11.9 Å². The first-order valence-electron chi connectivity index (χ1n) is 3.69. The van der Waals surface area contributed by atoms with Crippen LogP contribution in [0, 0.1) is 5.92 Å². The van der Waals surface area contributed by atoms with Gasteiger partial charge >= 0.3 is 5.97 Å². The van der Waals surface area contributed by atoms with Crippen molar-refractivity contribution in [3.63, 3.8) is 0 Å². The smallest absolute Gasteiger partial charge is 0.307 e. The van der Waals surface area contributed by atoms with Gasteiger partial charge < -0.3 is 9.94 Å². The Balaban J connectivity index is 3.63. The average Bonchev–Trinajstić information content (AvgIpc) is 1.98. The van der Waals surface area contributed by atoms with E-state index in [0.717, 1.165) is 0 Å². The summed E-state index contributed by atoms with van der Waals surface area (Å²) in [4.78, 5) is 15.3. The summed E-state index contributed by atoms with van der Waals surface area (Å²) in [6, 6.07) is -0.160. The van der Waals surface area contributed by atoms with Crippen LogP contribution in [0.3, 0.4) is 0 Å². The lowest BCUT2D eigenvalue weighted by Crippen LogP contribution is -2.36. The average molecular weight is 161 g/mol. The number of aliphatic carboxylic acids is 1. The van der Waals surface area contributed by atoms with Gasteiger partial charge in [-0.3, -0.25) is 4.79 Å². The highest BCUT2D eigenvalue weighted by atomic mass is 16.6. The minimum atomic E-state index is -0.815. The number of carboxylic acid groups (broad SMARTS) is 1. The molecular weight excluding hydrogens is 146 g/mol. The highest BCUT2D eigenvalue weighted by Gasteiger charge is 2.18. The van der Waals surface area contributed by atoms with Gasteiger partial charge in [0.25, 0.3) is 0 Å². The highest BCUT2D eigenvalue weighted by molar-refractivity contribution is 5.70. The molecule has 0 heterocycles. The molecule has 0 spiro atoms. The zero-order valence-electron chi connectivity index (χ0n) is 7.13. The molecule has 4 heteroatoms. The SMILES string of the molecule is CCONC(C)C(C)C(=O)O. The molecule has 0 fully saturated rings. The molecule has 2 N–H and O–H groups in total. The van der Waals surface area contributed by atoms with Gasteiger partial charge in [0.2, 0.25) is 0 Å². The molecule has 0 saturated heterocycles. The molecule has 4 nitrogen and oxygen atoms in total. The maximum Gasteiger partial charge on any atom is 0.307 e. The zero-order valence-corrected chi connectivity index (χ0v) is 7.13. The van der Waals surface area contributed by atoms with E-state index in [1.54, 1.807) is 13.8 Å². The molecule has 0 aromatic rings. The summed E-state index contributed by atoms with van der Waals surface area (Å²) in [5.74, 6) is -1.24. The normalized spacial score (nSPS) is 15.9. The lowest BCUT2D eigenvalue weighted by Gasteiger charge is -2.16. The molecule has 0 amide bonds. The zero-order chi connectivity index (χ0) is 8.85. The van der Waals surface area contributed by atoms with Gasteiger partial charge in [-0.05, 0) is 13.8 Å². The first-order chi connectivity index (χ1) is 5.09. The third kappa shape index (κ3) is 3.95. The number of hydrogen-bond acceptors (Lipinski definition) is 3. The molecule has 66 valence electrons. The Kier molecular flexibility index (Phi) is 4.81. The van der Waals surface area contributed by atoms with Crippen LogP contribution in [0.4, 0.5) is 0 Å². The van der Waals surface area contributed by atoms with Crippen LogP contribution in [0.25, 0.3) is 0 Å². The molecular formula is C7H15NO3. The third-order valence-corrected chi connectivity index (χ3v) is 1.55. The summed E-state index contributed by atoms with van der Waals surface area (Å²) in [6.07, 6.45) is 0. The molecule has 0 bridgehead atoms. The van der Waals surface area contributed by atoms with Gasteiger partial charge in [-0.25, -0.2) is 0 Å². The van der Waals surface area contributed by atoms with Crippen molar-refractivity contribution < 1.29 is 14.7 Å². The van der Waals surface area contributed by atoms with Gasteiger partial charge in [0.15, 0.2) is 0 Å². The Morgan fingerprint density at radius 2 is 2.18 bits per heavy atom. The van der Waals surface area contributed by atoms with Crippen LogP contribution < -0.4 is 5.48 Å². The second kappa shape index (κ2) is 5.09. The minimum Gasteiger partial charge on any atom is -0.481 e. The van der Waals surface area contributed by atoms with Crippen LogP contribution in [-0.4, -0.2) is 23.7 Å². The summed E-state index contributed by atoms with van der Waals surface area (Å²) < 4.78 is 0. The number of nitrogens with one attached hydrogen (secondary N) is 1. The number of rotatable bonds is 5. The third-order valence-electron chi connectivity index (χ3n) is 1.55. The molecule has 0 saturated carbocycles. The van der Waals surface area contributed by atoms with E-state index in [1.165, 1.54) is 0 Å². The summed E-state index contributed by atoms with van der Waals surface area (Å²) in [6.45, 7) is 5.79. The summed E-state index contributed by atoms with van der Waals surface area (Å²) in [7, 11) is 0. The Hall–Kier alpha value is -0.610. The molecule has 2 atom stereocenters. The van der Waals surface area contributed by atoms with Crippen molar-refractivity contribution in [3.8, 4) is 0 Å². The van der Waals surface area contributed by atoms with Gasteiger partial charge in [0, 0.05) is 6.04 Å². The molecule has 0 aromatic heterocycles. The number of carboxylic acids is 1. The second-order valence-corrected chi connectivity index (χ2v) is 2.47. The van der Waals surface area contributed by atoms with E-state index in [1.807, 2.05) is 6.92 Å². The van der Waals surface area contributed by atoms with Gasteiger partial charge in [-0.15, -0.1) is 0 Å². The minimum absolute atomic E-state index is 0.160. The van der Waals surface area contributed by atoms with Crippen LogP contribution >= 0.6 is 0 Å². The van der Waals surface area contributed by atoms with Crippen molar-refractivity contribution in [3.05, 3.63) is 0 Å². The van der Waals surface area contributed by atoms with Crippen LogP contribution in [0.15, 0.2) is 0 Å². The van der Waals surface area contributed by atoms with Crippen molar-refractivity contribution in [2.45, 2.75) is 26.8 Å². The van der Waals surface area contributed by atoms with Crippen molar-refractivity contribution >= 4 is 5.97 Å². The van der Waals surface area contributed by atoms with Crippen molar-refractivity contribution in [1.82, 2.24) is 5.48 Å². The number of hydroxylamine groups is 1. The largest absolute Gasteiger partial charge is 0.481 e. The van der Waals surface area contributed by atoms with E-state index >= 15 is 0 Å². The standard InChI is InChI=1S/C7H15NO3/c1-4-11-8-6(3)5(2)7(9)10/h5-6,8H,4H2,1-3H3,(H,9,10). The molecule has 11 heavy (non-hydrogen) atoms. The first kappa shape index (κ1) is 10.4. The van der Waals surface area contributed by atoms with Crippen LogP contribution in [0.2, 0.25) is 0 Å². The van der Waals surface area contributed by atoms with Crippen LogP contribution in [0.5, 0.6) is 0 Å². The van der Waals surface area contributed by atoms with E-state index in [9.17, 15) is 4.79 Å². The quantitative estimate of drug-likeness (QED) is 0.581. The highest BCUT2D eigenvalue weighted by Crippen LogP contribution is 2.01. The lowest BCUT2D eigenvalue weighted by molar-refractivity contribution is -0.143. The first-order valence-corrected chi connectivity index (χ1v) is 3.69. The fourth-order valence-corrected chi connectivity index (χ4v) is 0.531. The summed E-state index contributed by atoms with van der Waals surface area (Å²) in [5, 5.41) is 8.56. The van der Waals surface area contributed by atoms with Crippen molar-refractivity contribution in [1.29, 1.82) is 0 Å². The van der Waals surface area contributed by atoms with Crippen LogP contribution in [0.1, 0.15) is 20.8 Å². The molecule has 0 aromatic carbocycles. The molecule has 0 radical (unpaired) electrons. The molecule has 0 rings (SSSR count). The Labute approximate surface area is 66.5 Å². The Morgan fingerprint density at radius 3 is 2.55 bits per heavy atom. The summed E-state index contributed by atoms with van der Waals surface area (Å²) >= 11 is 0. The van der Waals surface area contributed by atoms with Crippen molar-refractivity contribution in [2.24, 2.45) is 5.92 Å². The van der Waals surface area contributed by atoms with Gasteiger partial charge in [0.05, 0.1) is 12.5 Å². The predicted octanol–water partition coefficient (Wildman–Crippen LogP) is 0.637. The fourth-order valence-electron chi connectivity index (χ4n) is 0.531. The number of hydrogen-bond donors (Lipinski definition) is 2. The van der Waals surface area contributed by atoms with E-state index in [-0.39, 0.29) is 6.04 Å². The second-order valence-electron chi connectivity index (χ2n) is 2.47. The molecule has 0 aliphatic rings. The molecule has 2 unspecified atom stereocenters. The Morgan fingerprint density at radius 1 is 1.64 bits per heavy atom. The lowest BCUT2D eigenvalue weighted by atomic mass is 10.1. The molecule has 0 aliphatic carbocycles. The van der Waals surface area contributed by atoms with E-state index in [0.29, 0.717) is 6.61 Å². The summed E-state index contributed by atoms with van der Waals surface area (Å²) in [5.41, 5.74) is 2.63. The Bertz CT molecular complexity index is 127. The van der Waals surface area contributed by atoms with Gasteiger partial charge in [-0.1, -0.05) is 6.92 Å². The monoisotopic (exact) mass is 161 g/mol. The number of carbonyl (C=O) groups is 1. The van der Waals surface area contributed by atoms with E-state index in [4.69, 9.17) is 9.94 Å². The molecule has 0 aliphatic heterocycles. The fraction of sp³-hybridized carbons (Fsp3) is 0.857. The maximum absolute atomic E-state index is 10.4. The topological polar surface area (TPSA) is 58.6 Å². The van der Waals surface area contributed by atoms with Gasteiger partial charge in [0.1, 0.15) is 0 Å².